The van der Waals surface area contributed by atoms with Crippen LogP contribution in [0.2, 0.25) is 0 Å². The molecule has 2 nitrogen and oxygen atoms in total. The Balaban J connectivity index is 2.80. The first-order chi connectivity index (χ1) is 6.77. The quantitative estimate of drug-likeness (QED) is 0.672. The van der Waals surface area contributed by atoms with Gasteiger partial charge in [0.1, 0.15) is 18.4 Å². The van der Waals surface area contributed by atoms with Crippen LogP contribution in [0.25, 0.3) is 0 Å². The van der Waals surface area contributed by atoms with Crippen LogP contribution >= 0.6 is 0 Å². The van der Waals surface area contributed by atoms with Crippen molar-refractivity contribution >= 4 is 12.6 Å². The Morgan fingerprint density at radius 1 is 1.07 bits per heavy atom. The van der Waals surface area contributed by atoms with E-state index in [-0.39, 0.29) is 11.7 Å². The topological polar surface area (TPSA) is 34.1 Å². The fourth-order valence-electron chi connectivity index (χ4n) is 1.34. The lowest BCUT2D eigenvalue weighted by Gasteiger charge is -2.10. The predicted octanol–water partition coefficient (Wildman–Crippen LogP) is 2.09. The first kappa shape index (κ1) is 10.6. The standard InChI is InChI=1S/C11H11FO2/c12-11-3-1-9(2-4-11)10(5-7-13)6-8-14/h1-4,7-8,10H,5-6H2. The first-order valence-corrected chi connectivity index (χ1v) is 4.40. The molecule has 1 aromatic rings. The summed E-state index contributed by atoms with van der Waals surface area (Å²) >= 11 is 0. The lowest BCUT2D eigenvalue weighted by atomic mass is 9.94. The van der Waals surface area contributed by atoms with E-state index in [1.807, 2.05) is 0 Å². The van der Waals surface area contributed by atoms with Crippen LogP contribution in [0.1, 0.15) is 24.3 Å². The van der Waals surface area contributed by atoms with Crippen LogP contribution in [-0.4, -0.2) is 12.6 Å². The van der Waals surface area contributed by atoms with Crippen LogP contribution in [0.4, 0.5) is 4.39 Å². The summed E-state index contributed by atoms with van der Waals surface area (Å²) in [5, 5.41) is 0. The summed E-state index contributed by atoms with van der Waals surface area (Å²) in [5.74, 6) is -0.435. The van der Waals surface area contributed by atoms with Gasteiger partial charge in [-0.25, -0.2) is 4.39 Å². The van der Waals surface area contributed by atoms with Gasteiger partial charge in [0.2, 0.25) is 0 Å². The maximum atomic E-state index is 12.6. The maximum absolute atomic E-state index is 12.6. The van der Waals surface area contributed by atoms with Crippen LogP contribution in [0.15, 0.2) is 24.3 Å². The lowest BCUT2D eigenvalue weighted by molar-refractivity contribution is -0.109. The molecule has 0 aliphatic carbocycles. The second-order valence-electron chi connectivity index (χ2n) is 3.05. The van der Waals surface area contributed by atoms with Crippen molar-refractivity contribution in [2.45, 2.75) is 18.8 Å². The number of halogens is 1. The zero-order valence-corrected chi connectivity index (χ0v) is 7.65. The molecule has 0 heterocycles. The van der Waals surface area contributed by atoms with Gasteiger partial charge in [0.15, 0.2) is 0 Å². The van der Waals surface area contributed by atoms with Crippen LogP contribution in [0, 0.1) is 5.82 Å². The minimum Gasteiger partial charge on any atom is -0.303 e. The molecule has 0 saturated carbocycles. The highest BCUT2D eigenvalue weighted by molar-refractivity contribution is 5.57. The van der Waals surface area contributed by atoms with Gasteiger partial charge in [-0.05, 0) is 23.6 Å². The highest BCUT2D eigenvalue weighted by Gasteiger charge is 2.10. The minimum atomic E-state index is -0.315. The zero-order valence-electron chi connectivity index (χ0n) is 7.65. The van der Waals surface area contributed by atoms with Gasteiger partial charge in [0, 0.05) is 12.8 Å². The molecule has 0 spiro atoms. The van der Waals surface area contributed by atoms with E-state index in [4.69, 9.17) is 0 Å². The monoisotopic (exact) mass is 194 g/mol. The number of aldehydes is 2. The molecule has 74 valence electrons. The van der Waals surface area contributed by atoms with Crippen molar-refractivity contribution < 1.29 is 14.0 Å². The largest absolute Gasteiger partial charge is 0.303 e. The van der Waals surface area contributed by atoms with Gasteiger partial charge < -0.3 is 9.59 Å². The third kappa shape index (κ3) is 2.76. The number of rotatable bonds is 5. The summed E-state index contributed by atoms with van der Waals surface area (Å²) in [4.78, 5) is 20.7. The molecule has 0 aliphatic rings. The molecule has 0 saturated heterocycles. The Labute approximate surface area is 81.7 Å². The number of benzene rings is 1. The molecule has 1 rings (SSSR count). The molecule has 0 aliphatic heterocycles. The van der Waals surface area contributed by atoms with Gasteiger partial charge in [-0.2, -0.15) is 0 Å². The second-order valence-corrected chi connectivity index (χ2v) is 3.05. The predicted molar refractivity (Wildman–Crippen MR) is 50.5 cm³/mol. The molecule has 0 amide bonds. The van der Waals surface area contributed by atoms with Crippen molar-refractivity contribution in [3.63, 3.8) is 0 Å². The summed E-state index contributed by atoms with van der Waals surface area (Å²) in [6.07, 6.45) is 2.14. The van der Waals surface area contributed by atoms with E-state index in [1.54, 1.807) is 12.1 Å². The van der Waals surface area contributed by atoms with Crippen molar-refractivity contribution in [1.82, 2.24) is 0 Å². The maximum Gasteiger partial charge on any atom is 0.123 e. The molecule has 0 bridgehead atoms. The molecule has 0 fully saturated rings. The third-order valence-corrected chi connectivity index (χ3v) is 2.10. The SMILES string of the molecule is O=CCC(CC=O)c1ccc(F)cc1. The molecule has 1 aromatic carbocycles. The van der Waals surface area contributed by atoms with Crippen molar-refractivity contribution in [2.75, 3.05) is 0 Å². The van der Waals surface area contributed by atoms with Crippen LogP contribution in [-0.2, 0) is 9.59 Å². The molecule has 14 heavy (non-hydrogen) atoms. The van der Waals surface area contributed by atoms with Gasteiger partial charge in [0.05, 0.1) is 0 Å². The Bertz CT molecular complexity index is 296. The summed E-state index contributed by atoms with van der Waals surface area (Å²) in [5.41, 5.74) is 0.825. The normalized spacial score (nSPS) is 10.1. The summed E-state index contributed by atoms with van der Waals surface area (Å²) in [7, 11) is 0. The highest BCUT2D eigenvalue weighted by Crippen LogP contribution is 2.21. The Hall–Kier alpha value is -1.51. The fourth-order valence-corrected chi connectivity index (χ4v) is 1.34. The lowest BCUT2D eigenvalue weighted by Crippen LogP contribution is -2.00. The molecular weight excluding hydrogens is 183 g/mol. The third-order valence-electron chi connectivity index (χ3n) is 2.10. The molecule has 0 atom stereocenters. The van der Waals surface area contributed by atoms with Crippen molar-refractivity contribution in [3.8, 4) is 0 Å². The molecular formula is C11H11FO2. The van der Waals surface area contributed by atoms with E-state index in [0.717, 1.165) is 18.1 Å². The van der Waals surface area contributed by atoms with E-state index >= 15 is 0 Å². The average molecular weight is 194 g/mol. The summed E-state index contributed by atoms with van der Waals surface area (Å²) in [6.45, 7) is 0. The first-order valence-electron chi connectivity index (χ1n) is 4.40. The van der Waals surface area contributed by atoms with Gasteiger partial charge >= 0.3 is 0 Å². The second kappa shape index (κ2) is 5.27. The molecule has 0 radical (unpaired) electrons. The van der Waals surface area contributed by atoms with Crippen LogP contribution in [0.5, 0.6) is 0 Å². The fraction of sp³-hybridized carbons (Fsp3) is 0.273. The van der Waals surface area contributed by atoms with E-state index < -0.39 is 0 Å². The smallest absolute Gasteiger partial charge is 0.123 e. The Kier molecular flexibility index (Phi) is 3.98. The van der Waals surface area contributed by atoms with Crippen LogP contribution in [0.3, 0.4) is 0 Å². The Morgan fingerprint density at radius 3 is 2.00 bits per heavy atom. The van der Waals surface area contributed by atoms with Gasteiger partial charge in [0.25, 0.3) is 0 Å². The number of hydrogen-bond donors (Lipinski definition) is 0. The van der Waals surface area contributed by atoms with E-state index in [1.165, 1.54) is 12.1 Å². The van der Waals surface area contributed by atoms with E-state index in [0.29, 0.717) is 12.8 Å². The molecule has 3 heteroatoms. The Morgan fingerprint density at radius 2 is 1.57 bits per heavy atom. The van der Waals surface area contributed by atoms with Gasteiger partial charge in [-0.3, -0.25) is 0 Å². The number of hydrogen-bond acceptors (Lipinski definition) is 2. The highest BCUT2D eigenvalue weighted by atomic mass is 19.1. The van der Waals surface area contributed by atoms with E-state index in [9.17, 15) is 14.0 Å². The molecule has 0 N–H and O–H groups in total. The summed E-state index contributed by atoms with van der Waals surface area (Å²) in [6, 6.07) is 5.87. The minimum absolute atomic E-state index is 0.120. The molecule has 0 aromatic heterocycles. The van der Waals surface area contributed by atoms with Crippen molar-refractivity contribution in [3.05, 3.63) is 35.6 Å². The summed E-state index contributed by atoms with van der Waals surface area (Å²) < 4.78 is 12.6. The van der Waals surface area contributed by atoms with Crippen molar-refractivity contribution in [2.24, 2.45) is 0 Å². The molecule has 0 unspecified atom stereocenters. The number of carbonyl (C=O) groups excluding carboxylic acids is 2. The van der Waals surface area contributed by atoms with Gasteiger partial charge in [-0.1, -0.05) is 12.1 Å². The van der Waals surface area contributed by atoms with Crippen LogP contribution < -0.4 is 0 Å². The number of carbonyl (C=O) groups is 2. The van der Waals surface area contributed by atoms with Gasteiger partial charge in [-0.15, -0.1) is 0 Å². The zero-order chi connectivity index (χ0) is 10.4. The van der Waals surface area contributed by atoms with Crippen molar-refractivity contribution in [1.29, 1.82) is 0 Å². The van der Waals surface area contributed by atoms with E-state index in [2.05, 4.69) is 0 Å². The average Bonchev–Trinajstić information content (AvgIpc) is 2.19.